The first-order valence-electron chi connectivity index (χ1n) is 10.7. The van der Waals surface area contributed by atoms with Crippen LogP contribution in [0.25, 0.3) is 11.1 Å². The van der Waals surface area contributed by atoms with E-state index in [1.54, 1.807) is 7.11 Å². The van der Waals surface area contributed by atoms with Crippen LogP contribution in [0.1, 0.15) is 11.1 Å². The maximum Gasteiger partial charge on any atom is 0.227 e. The molecule has 1 aliphatic heterocycles. The van der Waals surface area contributed by atoms with Gasteiger partial charge in [0.05, 0.1) is 13.0 Å². The first-order chi connectivity index (χ1) is 15.1. The zero-order valence-electron chi connectivity index (χ0n) is 18.2. The molecule has 3 aromatic rings. The average molecular weight is 416 g/mol. The van der Waals surface area contributed by atoms with E-state index in [-0.39, 0.29) is 11.8 Å². The minimum atomic E-state index is -0.0603. The van der Waals surface area contributed by atoms with Crippen molar-refractivity contribution in [2.24, 2.45) is 5.92 Å². The van der Waals surface area contributed by atoms with Crippen LogP contribution >= 0.6 is 0 Å². The molecule has 1 unspecified atom stereocenters. The van der Waals surface area contributed by atoms with E-state index in [0.717, 1.165) is 49.5 Å². The Morgan fingerprint density at radius 3 is 2.48 bits per heavy atom. The lowest BCUT2D eigenvalue weighted by Gasteiger charge is -2.23. The first kappa shape index (κ1) is 21.1. The van der Waals surface area contributed by atoms with Gasteiger partial charge in [0, 0.05) is 45.6 Å². The number of carbonyl (C=O) groups excluding carboxylic acids is 1. The van der Waals surface area contributed by atoms with Gasteiger partial charge < -0.3 is 9.64 Å². The SMILES string of the molecule is COc1cccc(-c2cccc(CC3CN(Cc4ccncc4)CCN(C)C3=O)c2)c1. The normalized spacial score (nSPS) is 17.4. The smallest absolute Gasteiger partial charge is 0.227 e. The van der Waals surface area contributed by atoms with Crippen LogP contribution in [0.15, 0.2) is 73.1 Å². The Balaban J connectivity index is 1.52. The summed E-state index contributed by atoms with van der Waals surface area (Å²) in [5.41, 5.74) is 4.66. The molecule has 160 valence electrons. The van der Waals surface area contributed by atoms with E-state index < -0.39 is 0 Å². The highest BCUT2D eigenvalue weighted by Gasteiger charge is 2.28. The van der Waals surface area contributed by atoms with Crippen molar-refractivity contribution in [2.45, 2.75) is 13.0 Å². The van der Waals surface area contributed by atoms with Gasteiger partial charge >= 0.3 is 0 Å². The zero-order chi connectivity index (χ0) is 21.6. The Bertz CT molecular complexity index is 1020. The molecule has 2 aromatic carbocycles. The van der Waals surface area contributed by atoms with Crippen LogP contribution in [0.5, 0.6) is 5.75 Å². The largest absolute Gasteiger partial charge is 0.497 e. The molecule has 1 aromatic heterocycles. The predicted octanol–water partition coefficient (Wildman–Crippen LogP) is 3.89. The van der Waals surface area contributed by atoms with Gasteiger partial charge in [-0.25, -0.2) is 0 Å². The molecular formula is C26H29N3O2. The van der Waals surface area contributed by atoms with Crippen LogP contribution in [-0.2, 0) is 17.8 Å². The zero-order valence-corrected chi connectivity index (χ0v) is 18.2. The Kier molecular flexibility index (Phi) is 6.63. The van der Waals surface area contributed by atoms with Crippen LogP contribution in [0.2, 0.25) is 0 Å². The molecule has 5 heteroatoms. The highest BCUT2D eigenvalue weighted by Crippen LogP contribution is 2.26. The molecule has 1 atom stereocenters. The lowest BCUT2D eigenvalue weighted by Crippen LogP contribution is -2.34. The number of rotatable bonds is 6. The summed E-state index contributed by atoms with van der Waals surface area (Å²) in [6, 6.07) is 20.7. The molecule has 2 heterocycles. The first-order valence-corrected chi connectivity index (χ1v) is 10.7. The van der Waals surface area contributed by atoms with Crippen molar-refractivity contribution in [2.75, 3.05) is 33.8 Å². The number of methoxy groups -OCH3 is 1. The summed E-state index contributed by atoms with van der Waals surface area (Å²) in [6.07, 6.45) is 4.38. The number of nitrogens with zero attached hydrogens (tertiary/aromatic N) is 3. The molecule has 5 nitrogen and oxygen atoms in total. The fourth-order valence-electron chi connectivity index (χ4n) is 4.20. The number of hydrogen-bond acceptors (Lipinski definition) is 4. The number of likely N-dealkylation sites (N-methyl/N-ethyl adjacent to an activating group) is 1. The molecule has 31 heavy (non-hydrogen) atoms. The number of carbonyl (C=O) groups is 1. The summed E-state index contributed by atoms with van der Waals surface area (Å²) in [5, 5.41) is 0. The van der Waals surface area contributed by atoms with Crippen LogP contribution in [0, 0.1) is 5.92 Å². The second kappa shape index (κ2) is 9.75. The highest BCUT2D eigenvalue weighted by molar-refractivity contribution is 5.79. The topological polar surface area (TPSA) is 45.7 Å². The van der Waals surface area contributed by atoms with Gasteiger partial charge in [0.15, 0.2) is 0 Å². The van der Waals surface area contributed by atoms with E-state index in [4.69, 9.17) is 4.74 Å². The maximum atomic E-state index is 13.1. The number of amides is 1. The minimum absolute atomic E-state index is 0.0603. The minimum Gasteiger partial charge on any atom is -0.497 e. The summed E-state index contributed by atoms with van der Waals surface area (Å²) >= 11 is 0. The molecule has 0 bridgehead atoms. The molecule has 1 fully saturated rings. The molecule has 0 saturated carbocycles. The van der Waals surface area contributed by atoms with Crippen LogP contribution < -0.4 is 4.74 Å². The Morgan fingerprint density at radius 2 is 1.71 bits per heavy atom. The monoisotopic (exact) mass is 415 g/mol. The van der Waals surface area contributed by atoms with Crippen molar-refractivity contribution in [3.8, 4) is 16.9 Å². The van der Waals surface area contributed by atoms with E-state index in [0.29, 0.717) is 0 Å². The summed E-state index contributed by atoms with van der Waals surface area (Å²) in [5.74, 6) is 1.01. The van der Waals surface area contributed by atoms with Crippen LogP contribution in [-0.4, -0.2) is 54.5 Å². The van der Waals surface area contributed by atoms with Gasteiger partial charge in [0.25, 0.3) is 0 Å². The van der Waals surface area contributed by atoms with E-state index in [1.807, 2.05) is 54.7 Å². The van der Waals surface area contributed by atoms with Crippen molar-refractivity contribution < 1.29 is 9.53 Å². The Labute approximate surface area is 184 Å². The van der Waals surface area contributed by atoms with Crippen molar-refractivity contribution in [1.29, 1.82) is 0 Å². The third kappa shape index (κ3) is 5.30. The highest BCUT2D eigenvalue weighted by atomic mass is 16.5. The average Bonchev–Trinajstić information content (AvgIpc) is 2.94. The molecule has 0 aliphatic carbocycles. The summed E-state index contributed by atoms with van der Waals surface area (Å²) in [6.45, 7) is 3.23. The maximum absolute atomic E-state index is 13.1. The number of pyridine rings is 1. The second-order valence-corrected chi connectivity index (χ2v) is 8.18. The lowest BCUT2D eigenvalue weighted by atomic mass is 9.94. The van der Waals surface area contributed by atoms with Gasteiger partial charge in [-0.3, -0.25) is 14.7 Å². The molecule has 1 aliphatic rings. The molecule has 0 spiro atoms. The quantitative estimate of drug-likeness (QED) is 0.613. The van der Waals surface area contributed by atoms with Crippen molar-refractivity contribution >= 4 is 5.91 Å². The second-order valence-electron chi connectivity index (χ2n) is 8.18. The van der Waals surface area contributed by atoms with E-state index in [2.05, 4.69) is 40.2 Å². The number of hydrogen-bond donors (Lipinski definition) is 0. The molecule has 1 saturated heterocycles. The fourth-order valence-corrected chi connectivity index (χ4v) is 4.20. The van der Waals surface area contributed by atoms with Crippen LogP contribution in [0.4, 0.5) is 0 Å². The Hall–Kier alpha value is -3.18. The summed E-state index contributed by atoms with van der Waals surface area (Å²) in [7, 11) is 3.60. The lowest BCUT2D eigenvalue weighted by molar-refractivity contribution is -0.133. The molecule has 0 radical (unpaired) electrons. The van der Waals surface area contributed by atoms with E-state index >= 15 is 0 Å². The third-order valence-corrected chi connectivity index (χ3v) is 5.92. The van der Waals surface area contributed by atoms with Crippen molar-refractivity contribution in [3.05, 3.63) is 84.2 Å². The van der Waals surface area contributed by atoms with Gasteiger partial charge in [-0.2, -0.15) is 0 Å². The standard InChI is InChI=1S/C26H29N3O2/c1-28-13-14-29(18-20-9-11-27-12-10-20)19-24(26(28)30)16-21-5-3-6-22(15-21)23-7-4-8-25(17-23)31-2/h3-12,15,17,24H,13-14,16,18-19H2,1-2H3. The third-order valence-electron chi connectivity index (χ3n) is 5.92. The fraction of sp³-hybridized carbons (Fsp3) is 0.308. The number of aromatic nitrogens is 1. The molecular weight excluding hydrogens is 386 g/mol. The van der Waals surface area contributed by atoms with Gasteiger partial charge in [0.1, 0.15) is 5.75 Å². The van der Waals surface area contributed by atoms with Gasteiger partial charge in [-0.1, -0.05) is 36.4 Å². The number of ether oxygens (including phenoxy) is 1. The van der Waals surface area contributed by atoms with Crippen LogP contribution in [0.3, 0.4) is 0 Å². The van der Waals surface area contributed by atoms with E-state index in [9.17, 15) is 4.79 Å². The number of benzene rings is 2. The summed E-state index contributed by atoms with van der Waals surface area (Å²) in [4.78, 5) is 21.4. The van der Waals surface area contributed by atoms with Gasteiger partial charge in [0.2, 0.25) is 5.91 Å². The predicted molar refractivity (Wildman–Crippen MR) is 123 cm³/mol. The van der Waals surface area contributed by atoms with Gasteiger partial charge in [-0.15, -0.1) is 0 Å². The molecule has 0 N–H and O–H groups in total. The van der Waals surface area contributed by atoms with Crippen molar-refractivity contribution in [3.63, 3.8) is 0 Å². The van der Waals surface area contributed by atoms with Crippen molar-refractivity contribution in [1.82, 2.24) is 14.8 Å². The Morgan fingerprint density at radius 1 is 0.968 bits per heavy atom. The molecule has 1 amide bonds. The van der Waals surface area contributed by atoms with E-state index in [1.165, 1.54) is 11.1 Å². The summed E-state index contributed by atoms with van der Waals surface area (Å²) < 4.78 is 5.37. The molecule has 4 rings (SSSR count). The van der Waals surface area contributed by atoms with Gasteiger partial charge in [-0.05, 0) is 52.9 Å².